The zero-order valence-electron chi connectivity index (χ0n) is 12.6. The van der Waals surface area contributed by atoms with Crippen LogP contribution < -0.4 is 4.74 Å². The molecule has 0 aliphatic heterocycles. The molecule has 1 aromatic heterocycles. The summed E-state index contributed by atoms with van der Waals surface area (Å²) in [7, 11) is 1.36. The van der Waals surface area contributed by atoms with Gasteiger partial charge in [0, 0.05) is 15.6 Å². The van der Waals surface area contributed by atoms with Crippen molar-refractivity contribution in [3.8, 4) is 17.1 Å². The van der Waals surface area contributed by atoms with Gasteiger partial charge in [-0.2, -0.15) is 4.80 Å². The molecule has 1 heterocycles. The predicted molar refractivity (Wildman–Crippen MR) is 88.2 cm³/mol. The maximum atomic E-state index is 13.7. The van der Waals surface area contributed by atoms with Crippen LogP contribution in [0.3, 0.4) is 0 Å². The summed E-state index contributed by atoms with van der Waals surface area (Å²) in [5.74, 6) is -0.436. The number of aromatic nitrogens is 4. The molecule has 24 heavy (non-hydrogen) atoms. The quantitative estimate of drug-likeness (QED) is 0.625. The van der Waals surface area contributed by atoms with E-state index in [9.17, 15) is 9.18 Å². The second-order valence-electron chi connectivity index (χ2n) is 4.90. The van der Waals surface area contributed by atoms with Crippen LogP contribution in [0, 0.1) is 5.82 Å². The van der Waals surface area contributed by atoms with Crippen LogP contribution in [-0.4, -0.2) is 33.1 Å². The second-order valence-corrected chi connectivity index (χ2v) is 5.75. The molecule has 0 amide bonds. The molecule has 2 aromatic carbocycles. The Morgan fingerprint density at radius 2 is 2.08 bits per heavy atom. The Morgan fingerprint density at radius 3 is 2.79 bits per heavy atom. The lowest BCUT2D eigenvalue weighted by atomic mass is 10.1. The topological polar surface area (TPSA) is 69.9 Å². The van der Waals surface area contributed by atoms with Gasteiger partial charge in [0.05, 0.1) is 7.11 Å². The highest BCUT2D eigenvalue weighted by Crippen LogP contribution is 2.24. The van der Waals surface area contributed by atoms with E-state index in [1.54, 1.807) is 0 Å². The Balaban J connectivity index is 1.78. The standard InChI is InChI=1S/C16H12BrFN4O2/c1-24-15-7-6-10(8-13(15)18)14(23)9-22-20-16(19-21-22)11-4-2-3-5-12(11)17/h2-8H,9H2,1H3. The number of carbonyl (C=O) groups excluding carboxylic acids is 1. The van der Waals surface area contributed by atoms with Crippen LogP contribution in [0.5, 0.6) is 5.75 Å². The number of methoxy groups -OCH3 is 1. The summed E-state index contributed by atoms with van der Waals surface area (Å²) in [5, 5.41) is 12.0. The van der Waals surface area contributed by atoms with Gasteiger partial charge in [0.2, 0.25) is 5.82 Å². The Hall–Kier alpha value is -2.61. The fraction of sp³-hybridized carbons (Fsp3) is 0.125. The van der Waals surface area contributed by atoms with Crippen LogP contribution in [0.1, 0.15) is 10.4 Å². The molecular weight excluding hydrogens is 379 g/mol. The Bertz CT molecular complexity index is 897. The summed E-state index contributed by atoms with van der Waals surface area (Å²) in [6, 6.07) is 11.5. The van der Waals surface area contributed by atoms with E-state index in [1.165, 1.54) is 24.0 Å². The largest absolute Gasteiger partial charge is 0.494 e. The van der Waals surface area contributed by atoms with Crippen molar-refractivity contribution in [2.75, 3.05) is 7.11 Å². The third-order valence-electron chi connectivity index (χ3n) is 3.33. The zero-order chi connectivity index (χ0) is 17.1. The van der Waals surface area contributed by atoms with Gasteiger partial charge in [0.15, 0.2) is 17.3 Å². The predicted octanol–water partition coefficient (Wildman–Crippen LogP) is 3.13. The van der Waals surface area contributed by atoms with Crippen LogP contribution in [0.15, 0.2) is 46.9 Å². The first kappa shape index (κ1) is 16.3. The number of halogens is 2. The molecule has 0 N–H and O–H groups in total. The Kier molecular flexibility index (Phi) is 4.66. The highest BCUT2D eigenvalue weighted by Gasteiger charge is 2.14. The molecule has 0 aliphatic carbocycles. The first-order valence-corrected chi connectivity index (χ1v) is 7.77. The van der Waals surface area contributed by atoms with Crippen LogP contribution in [0.4, 0.5) is 4.39 Å². The molecular formula is C16H12BrFN4O2. The van der Waals surface area contributed by atoms with Crippen molar-refractivity contribution in [2.45, 2.75) is 6.54 Å². The molecule has 8 heteroatoms. The lowest BCUT2D eigenvalue weighted by Crippen LogP contribution is -2.13. The highest BCUT2D eigenvalue weighted by molar-refractivity contribution is 9.10. The van der Waals surface area contributed by atoms with Gasteiger partial charge in [-0.25, -0.2) is 4.39 Å². The van der Waals surface area contributed by atoms with Crippen molar-refractivity contribution in [1.29, 1.82) is 0 Å². The van der Waals surface area contributed by atoms with Crippen LogP contribution in [0.25, 0.3) is 11.4 Å². The SMILES string of the molecule is COc1ccc(C(=O)Cn2nnc(-c3ccccc3Br)n2)cc1F. The molecule has 3 aromatic rings. The summed E-state index contributed by atoms with van der Waals surface area (Å²) >= 11 is 3.41. The maximum absolute atomic E-state index is 13.7. The van der Waals surface area contributed by atoms with Crippen molar-refractivity contribution >= 4 is 21.7 Å². The highest BCUT2D eigenvalue weighted by atomic mass is 79.9. The van der Waals surface area contributed by atoms with Gasteiger partial charge in [0.1, 0.15) is 6.54 Å². The molecule has 0 spiro atoms. The number of nitrogens with zero attached hydrogens (tertiary/aromatic N) is 4. The van der Waals surface area contributed by atoms with E-state index in [0.717, 1.165) is 16.1 Å². The number of ketones is 1. The molecule has 0 aliphatic rings. The molecule has 6 nitrogen and oxygen atoms in total. The van der Waals surface area contributed by atoms with E-state index < -0.39 is 5.82 Å². The molecule has 0 unspecified atom stereocenters. The fourth-order valence-electron chi connectivity index (χ4n) is 2.12. The Morgan fingerprint density at radius 1 is 1.29 bits per heavy atom. The molecule has 3 rings (SSSR count). The average molecular weight is 391 g/mol. The van der Waals surface area contributed by atoms with Gasteiger partial charge in [-0.3, -0.25) is 4.79 Å². The van der Waals surface area contributed by atoms with Gasteiger partial charge in [-0.15, -0.1) is 10.2 Å². The van der Waals surface area contributed by atoms with Crippen molar-refractivity contribution in [1.82, 2.24) is 20.2 Å². The minimum Gasteiger partial charge on any atom is -0.494 e. The van der Waals surface area contributed by atoms with Crippen molar-refractivity contribution in [3.05, 3.63) is 58.3 Å². The first-order chi connectivity index (χ1) is 11.6. The lowest BCUT2D eigenvalue weighted by molar-refractivity contribution is 0.0961. The smallest absolute Gasteiger partial charge is 0.206 e. The van der Waals surface area contributed by atoms with E-state index in [4.69, 9.17) is 4.74 Å². The minimum atomic E-state index is -0.594. The van der Waals surface area contributed by atoms with Crippen molar-refractivity contribution < 1.29 is 13.9 Å². The molecule has 122 valence electrons. The maximum Gasteiger partial charge on any atom is 0.206 e. The lowest BCUT2D eigenvalue weighted by Gasteiger charge is -2.04. The molecule has 0 saturated heterocycles. The summed E-state index contributed by atoms with van der Waals surface area (Å²) < 4.78 is 19.3. The normalized spacial score (nSPS) is 10.6. The van der Waals surface area contributed by atoms with Gasteiger partial charge < -0.3 is 4.74 Å². The van der Waals surface area contributed by atoms with Crippen LogP contribution in [0.2, 0.25) is 0 Å². The van der Waals surface area contributed by atoms with Gasteiger partial charge in [0.25, 0.3) is 0 Å². The fourth-order valence-corrected chi connectivity index (χ4v) is 2.58. The van der Waals surface area contributed by atoms with Crippen molar-refractivity contribution in [2.24, 2.45) is 0 Å². The number of hydrogen-bond donors (Lipinski definition) is 0. The zero-order valence-corrected chi connectivity index (χ0v) is 14.2. The second kappa shape index (κ2) is 6.88. The summed E-state index contributed by atoms with van der Waals surface area (Å²) in [4.78, 5) is 13.4. The van der Waals surface area contributed by atoms with Gasteiger partial charge in [-0.05, 0) is 35.5 Å². The molecule has 0 bridgehead atoms. The molecule has 0 atom stereocenters. The number of benzene rings is 2. The van der Waals surface area contributed by atoms with E-state index in [-0.39, 0.29) is 23.6 Å². The monoisotopic (exact) mass is 390 g/mol. The first-order valence-electron chi connectivity index (χ1n) is 6.98. The van der Waals surface area contributed by atoms with E-state index >= 15 is 0 Å². The molecule has 0 saturated carbocycles. The Labute approximate surface area is 145 Å². The summed E-state index contributed by atoms with van der Waals surface area (Å²) in [5.41, 5.74) is 0.986. The van der Waals surface area contributed by atoms with Crippen LogP contribution in [-0.2, 0) is 6.54 Å². The molecule has 0 fully saturated rings. The number of carbonyl (C=O) groups is 1. The van der Waals surface area contributed by atoms with E-state index in [2.05, 4.69) is 31.3 Å². The number of tetrazole rings is 1. The number of hydrogen-bond acceptors (Lipinski definition) is 5. The van der Waals surface area contributed by atoms with E-state index in [0.29, 0.717) is 5.82 Å². The van der Waals surface area contributed by atoms with Crippen molar-refractivity contribution in [3.63, 3.8) is 0 Å². The van der Waals surface area contributed by atoms with Gasteiger partial charge in [-0.1, -0.05) is 28.1 Å². The minimum absolute atomic E-state index is 0.0849. The number of Topliss-reactive ketones (excluding diaryl/α,β-unsaturated/α-hetero) is 1. The third kappa shape index (κ3) is 3.33. The average Bonchev–Trinajstić information content (AvgIpc) is 3.03. The van der Waals surface area contributed by atoms with Gasteiger partial charge >= 0.3 is 0 Å². The number of ether oxygens (including phenoxy) is 1. The molecule has 0 radical (unpaired) electrons. The van der Waals surface area contributed by atoms with Crippen LogP contribution >= 0.6 is 15.9 Å². The number of rotatable bonds is 5. The third-order valence-corrected chi connectivity index (χ3v) is 4.02. The summed E-state index contributed by atoms with van der Waals surface area (Å²) in [6.07, 6.45) is 0. The van der Waals surface area contributed by atoms with E-state index in [1.807, 2.05) is 24.3 Å². The summed E-state index contributed by atoms with van der Waals surface area (Å²) in [6.45, 7) is -0.136.